The minimum absolute atomic E-state index is 0. The van der Waals surface area contributed by atoms with E-state index in [4.69, 9.17) is 0 Å². The molecule has 13 heavy (non-hydrogen) atoms. The van der Waals surface area contributed by atoms with Gasteiger partial charge in [0.1, 0.15) is 0 Å². The summed E-state index contributed by atoms with van der Waals surface area (Å²) in [6.07, 6.45) is 2.00. The van der Waals surface area contributed by atoms with Crippen LogP contribution in [0.5, 0.6) is 0 Å². The first kappa shape index (κ1) is 29.2. The van der Waals surface area contributed by atoms with Crippen molar-refractivity contribution in [1.82, 2.24) is 0 Å². The van der Waals surface area contributed by atoms with E-state index in [0.29, 0.717) is 0 Å². The van der Waals surface area contributed by atoms with E-state index in [1.807, 2.05) is 20.3 Å². The molecule has 0 radical (unpaired) electrons. The van der Waals surface area contributed by atoms with Gasteiger partial charge in [-0.2, -0.15) is 56.1 Å². The largest absolute Gasteiger partial charge is 4.00 e. The van der Waals surface area contributed by atoms with Crippen molar-refractivity contribution in [2.45, 2.75) is 13.8 Å². The van der Waals surface area contributed by atoms with Gasteiger partial charge in [0.2, 0.25) is 0 Å². The third-order valence-corrected chi connectivity index (χ3v) is 0. The Balaban J connectivity index is -0.0000000213. The molecular weight excluding hydrogens is 241 g/mol. The molecule has 0 atom stereocenters. The molecule has 0 unspecified atom stereocenters. The van der Waals surface area contributed by atoms with E-state index < -0.39 is 0 Å². The third-order valence-electron chi connectivity index (χ3n) is 0. The second kappa shape index (κ2) is 77.8. The zero-order chi connectivity index (χ0) is 10.8. The van der Waals surface area contributed by atoms with Crippen LogP contribution in [0.15, 0.2) is 0 Å². The van der Waals surface area contributed by atoms with E-state index in [1.165, 1.54) is 0 Å². The van der Waals surface area contributed by atoms with Crippen LogP contribution in [0.1, 0.15) is 13.8 Å². The fraction of sp³-hybridized carbons (Fsp3) is 0.889. The Labute approximate surface area is 105 Å². The maximum atomic E-state index is 3.50. The van der Waals surface area contributed by atoms with Gasteiger partial charge >= 0.3 is 26.2 Å². The molecule has 4 heteroatoms. The first-order valence-corrected chi connectivity index (χ1v) is 3.84. The van der Waals surface area contributed by atoms with E-state index in [9.17, 15) is 0 Å². The van der Waals surface area contributed by atoms with Gasteiger partial charge in [0.05, 0.1) is 0 Å². The van der Waals surface area contributed by atoms with Crippen LogP contribution >= 0.6 is 0 Å². The van der Waals surface area contributed by atoms with Crippen LogP contribution in [0, 0.1) is 6.42 Å². The summed E-state index contributed by atoms with van der Waals surface area (Å²) in [6, 6.07) is 0. The van der Waals surface area contributed by atoms with Crippen molar-refractivity contribution >= 4 is 0 Å². The van der Waals surface area contributed by atoms with E-state index in [0.717, 1.165) is 0 Å². The molecule has 80 valence electrons. The standard InChI is InChI=1S/C3H7.3C2H6N.Zr/c4*1-3-2;/h3H,1-2H3;3*1-2H3;/q4*-1;+4. The van der Waals surface area contributed by atoms with Gasteiger partial charge in [0.25, 0.3) is 0 Å². The topological polar surface area (TPSA) is 42.3 Å². The van der Waals surface area contributed by atoms with E-state index in [1.54, 1.807) is 42.3 Å². The smallest absolute Gasteiger partial charge is 0.668 e. The van der Waals surface area contributed by atoms with Crippen LogP contribution in [0.2, 0.25) is 0 Å². The van der Waals surface area contributed by atoms with Crippen LogP contribution in [-0.2, 0) is 26.2 Å². The molecule has 0 fully saturated rings. The fourth-order valence-corrected chi connectivity index (χ4v) is 0. The summed E-state index contributed by atoms with van der Waals surface area (Å²) in [7, 11) is 10.5. The summed E-state index contributed by atoms with van der Waals surface area (Å²) in [4.78, 5) is 0. The van der Waals surface area contributed by atoms with Crippen molar-refractivity contribution in [2.24, 2.45) is 0 Å². The van der Waals surface area contributed by atoms with E-state index >= 15 is 0 Å². The van der Waals surface area contributed by atoms with Crippen molar-refractivity contribution in [2.75, 3.05) is 42.3 Å². The Morgan fingerprint density at radius 1 is 0.615 bits per heavy atom. The third kappa shape index (κ3) is 2540. The molecule has 0 heterocycles. The van der Waals surface area contributed by atoms with Crippen LogP contribution in [0.4, 0.5) is 0 Å². The van der Waals surface area contributed by atoms with Gasteiger partial charge in [0.15, 0.2) is 0 Å². The molecule has 0 N–H and O–H groups in total. The molecule has 0 amide bonds. The molecule has 0 aromatic heterocycles. The molecule has 0 aromatic rings. The molecule has 3 nitrogen and oxygen atoms in total. The Morgan fingerprint density at radius 2 is 0.615 bits per heavy atom. The van der Waals surface area contributed by atoms with Gasteiger partial charge < -0.3 is 22.4 Å². The summed E-state index contributed by atoms with van der Waals surface area (Å²) in [6.45, 7) is 4.00. The maximum absolute atomic E-state index is 3.50. The first-order chi connectivity index (χ1) is 5.66. The molecule has 0 bridgehead atoms. The molecule has 0 aliphatic heterocycles. The van der Waals surface area contributed by atoms with Gasteiger partial charge in [0, 0.05) is 0 Å². The average molecular weight is 267 g/mol. The van der Waals surface area contributed by atoms with Crippen LogP contribution in [0.3, 0.4) is 0 Å². The second-order valence-corrected chi connectivity index (χ2v) is 1.92. The van der Waals surface area contributed by atoms with Crippen LogP contribution in [-0.4, -0.2) is 42.3 Å². The molecule has 0 aliphatic rings. The number of rotatable bonds is 0. The normalized spacial score (nSPS) is 5.54. The van der Waals surface area contributed by atoms with Crippen LogP contribution < -0.4 is 0 Å². The molecule has 0 saturated heterocycles. The molecular formula is C9H25N3Zr. The van der Waals surface area contributed by atoms with Crippen molar-refractivity contribution in [3.63, 3.8) is 0 Å². The number of nitrogens with zero attached hydrogens (tertiary/aromatic N) is 3. The summed E-state index contributed by atoms with van der Waals surface area (Å²) in [5.74, 6) is 0. The van der Waals surface area contributed by atoms with E-state index in [-0.39, 0.29) is 26.2 Å². The van der Waals surface area contributed by atoms with Crippen molar-refractivity contribution < 1.29 is 26.2 Å². The first-order valence-electron chi connectivity index (χ1n) is 3.84. The Kier molecular flexibility index (Phi) is 175. The molecule has 0 rings (SSSR count). The zero-order valence-corrected chi connectivity index (χ0v) is 12.9. The Morgan fingerprint density at radius 3 is 0.615 bits per heavy atom. The monoisotopic (exact) mass is 265 g/mol. The average Bonchev–Trinajstić information content (AvgIpc) is 1.92. The zero-order valence-electron chi connectivity index (χ0n) is 10.4. The van der Waals surface area contributed by atoms with Gasteiger partial charge in [-0.05, 0) is 0 Å². The van der Waals surface area contributed by atoms with Crippen LogP contribution in [0.25, 0.3) is 16.0 Å². The quantitative estimate of drug-likeness (QED) is 0.605. The summed E-state index contributed by atoms with van der Waals surface area (Å²) < 4.78 is 0. The van der Waals surface area contributed by atoms with Crippen molar-refractivity contribution in [3.8, 4) is 0 Å². The Bertz CT molecular complexity index is 22.8. The summed E-state index contributed by atoms with van der Waals surface area (Å²) >= 11 is 0. The number of hydrogen-bond acceptors (Lipinski definition) is 0. The van der Waals surface area contributed by atoms with Crippen molar-refractivity contribution in [1.29, 1.82) is 0 Å². The molecule has 0 aromatic carbocycles. The summed E-state index contributed by atoms with van der Waals surface area (Å²) in [5, 5.41) is 10.5. The van der Waals surface area contributed by atoms with Gasteiger partial charge in [-0.1, -0.05) is 0 Å². The summed E-state index contributed by atoms with van der Waals surface area (Å²) in [5.41, 5.74) is 0. The SMILES string of the molecule is C[CH-]C.C[N-]C.C[N-]C.C[N-]C.[Zr+4]. The predicted octanol–water partition coefficient (Wildman–Crippen LogP) is 3.09. The molecule has 0 aliphatic carbocycles. The predicted molar refractivity (Wildman–Crippen MR) is 61.3 cm³/mol. The van der Waals surface area contributed by atoms with Gasteiger partial charge in [-0.3, -0.25) is 0 Å². The molecule has 0 saturated carbocycles. The minimum Gasteiger partial charge on any atom is -0.668 e. The van der Waals surface area contributed by atoms with E-state index in [2.05, 4.69) is 16.0 Å². The Hall–Kier alpha value is 0.763. The van der Waals surface area contributed by atoms with Gasteiger partial charge in [-0.15, -0.1) is 0 Å². The molecule has 0 spiro atoms. The maximum Gasteiger partial charge on any atom is 4.00 e. The second-order valence-electron chi connectivity index (χ2n) is 1.92. The minimum atomic E-state index is 0. The number of hydrogen-bond donors (Lipinski definition) is 0. The van der Waals surface area contributed by atoms with Gasteiger partial charge in [-0.25, -0.2) is 0 Å². The fourth-order valence-electron chi connectivity index (χ4n) is 0. The van der Waals surface area contributed by atoms with Crippen molar-refractivity contribution in [3.05, 3.63) is 22.4 Å².